The monoisotopic (exact) mass is 584 g/mol. The molecular formula is C42H32OS. The summed E-state index contributed by atoms with van der Waals surface area (Å²) in [6, 6.07) is 44.3. The van der Waals surface area contributed by atoms with Gasteiger partial charge in [0.05, 0.1) is 0 Å². The summed E-state index contributed by atoms with van der Waals surface area (Å²) < 4.78 is 10.2. The van der Waals surface area contributed by atoms with Crippen molar-refractivity contribution >= 4 is 48.4 Å². The summed E-state index contributed by atoms with van der Waals surface area (Å²) in [5.74, 6) is 0.986. The van der Waals surface area contributed by atoms with E-state index in [1.165, 1.54) is 58.8 Å². The number of hydrogen-bond donors (Lipinski definition) is 0. The third-order valence-corrected chi connectivity index (χ3v) is 11.5. The average Bonchev–Trinajstić information content (AvgIpc) is 3.62. The fraction of sp³-hybridized carbons (Fsp3) is 0.143. The Kier molecular flexibility index (Phi) is 5.52. The Morgan fingerprint density at radius 3 is 2.11 bits per heavy atom. The third-order valence-electron chi connectivity index (χ3n) is 10.4. The van der Waals surface area contributed by atoms with Crippen LogP contribution in [0.4, 0.5) is 0 Å². The number of benzene rings is 6. The van der Waals surface area contributed by atoms with Crippen LogP contribution in [0.1, 0.15) is 54.5 Å². The van der Waals surface area contributed by atoms with Crippen molar-refractivity contribution in [2.75, 3.05) is 0 Å². The van der Waals surface area contributed by atoms with E-state index >= 15 is 0 Å². The first kappa shape index (κ1) is 25.8. The van der Waals surface area contributed by atoms with E-state index in [2.05, 4.69) is 147 Å². The van der Waals surface area contributed by atoms with Crippen LogP contribution in [0.3, 0.4) is 0 Å². The van der Waals surface area contributed by atoms with Gasteiger partial charge in [-0.25, -0.2) is 0 Å². The summed E-state index contributed by atoms with van der Waals surface area (Å²) in [7, 11) is 0. The van der Waals surface area contributed by atoms with Crippen LogP contribution in [-0.2, 0) is 11.0 Å². The van der Waals surface area contributed by atoms with Gasteiger partial charge in [0.2, 0.25) is 0 Å². The number of fused-ring (bicyclic) bond motifs is 11. The molecule has 0 N–H and O–H groups in total. The van der Waals surface area contributed by atoms with E-state index in [0.29, 0.717) is 0 Å². The van der Waals surface area contributed by atoms with Gasteiger partial charge in [-0.2, -0.15) is 0 Å². The van der Waals surface area contributed by atoms with Crippen molar-refractivity contribution in [1.29, 1.82) is 0 Å². The van der Waals surface area contributed by atoms with E-state index in [9.17, 15) is 0 Å². The van der Waals surface area contributed by atoms with Crippen molar-refractivity contribution in [1.82, 2.24) is 0 Å². The molecule has 6 aromatic carbocycles. The summed E-state index contributed by atoms with van der Waals surface area (Å²) in [6.45, 7) is 4.69. The highest BCUT2D eigenvalue weighted by atomic mass is 32.1. The zero-order valence-electron chi connectivity index (χ0n) is 24.9. The summed E-state index contributed by atoms with van der Waals surface area (Å²) in [5, 5.41) is 5.03. The van der Waals surface area contributed by atoms with Gasteiger partial charge >= 0.3 is 0 Å². The minimum Gasteiger partial charge on any atom is -0.472 e. The molecule has 212 valence electrons. The Labute approximate surface area is 262 Å². The Hall–Kier alpha value is -4.66. The molecule has 2 heteroatoms. The average molecular weight is 585 g/mol. The topological polar surface area (TPSA) is 9.23 Å². The van der Waals surface area contributed by atoms with Crippen LogP contribution in [0.2, 0.25) is 0 Å². The van der Waals surface area contributed by atoms with E-state index in [1.54, 1.807) is 0 Å². The second-order valence-electron chi connectivity index (χ2n) is 12.2. The zero-order valence-corrected chi connectivity index (χ0v) is 25.7. The fourth-order valence-corrected chi connectivity index (χ4v) is 9.31. The van der Waals surface area contributed by atoms with Crippen LogP contribution >= 0.6 is 11.3 Å². The normalized spacial score (nSPS) is 17.9. The molecule has 1 aromatic heterocycles. The lowest BCUT2D eigenvalue weighted by Gasteiger charge is -2.39. The molecule has 0 bridgehead atoms. The molecule has 1 aliphatic carbocycles. The second-order valence-corrected chi connectivity index (χ2v) is 13.3. The number of thiophene rings is 1. The van der Waals surface area contributed by atoms with Crippen LogP contribution in [0.15, 0.2) is 127 Å². The van der Waals surface area contributed by atoms with Crippen LogP contribution in [0.25, 0.3) is 48.1 Å². The molecule has 0 radical (unpaired) electrons. The maximum absolute atomic E-state index is 7.57. The van der Waals surface area contributed by atoms with Gasteiger partial charge in [-0.05, 0) is 64.8 Å². The minimum absolute atomic E-state index is 0.0605. The standard InChI is InChI=1S/C42H32OS/c1-3-41(4-2)35-20-12-10-19-32(35)38-30-17-8-9-18-31(30)40-33(39(38)41)24-25-42(43-40,27-14-6-5-7-15-27)28-22-23-37-34(26-28)29-16-11-13-21-36(29)44-37/h5-26H,3-4H2,1-2H3. The predicted molar refractivity (Wildman–Crippen MR) is 187 cm³/mol. The lowest BCUT2D eigenvalue weighted by Crippen LogP contribution is -2.35. The van der Waals surface area contributed by atoms with Crippen molar-refractivity contribution in [3.05, 3.63) is 155 Å². The molecular weight excluding hydrogens is 553 g/mol. The molecule has 1 atom stereocenters. The Morgan fingerprint density at radius 1 is 0.614 bits per heavy atom. The van der Waals surface area contributed by atoms with Gasteiger partial charge in [0.25, 0.3) is 0 Å². The second kappa shape index (κ2) is 9.42. The first-order valence-corrected chi connectivity index (χ1v) is 16.5. The molecule has 0 saturated carbocycles. The van der Waals surface area contributed by atoms with Crippen LogP contribution < -0.4 is 4.74 Å². The fourth-order valence-electron chi connectivity index (χ4n) is 8.23. The van der Waals surface area contributed by atoms with Crippen molar-refractivity contribution < 1.29 is 4.74 Å². The van der Waals surface area contributed by atoms with Gasteiger partial charge in [-0.1, -0.05) is 123 Å². The highest BCUT2D eigenvalue weighted by Crippen LogP contribution is 2.60. The minimum atomic E-state index is -0.769. The maximum atomic E-state index is 7.57. The molecule has 1 nitrogen and oxygen atoms in total. The van der Waals surface area contributed by atoms with Crippen molar-refractivity contribution in [3.63, 3.8) is 0 Å². The maximum Gasteiger partial charge on any atom is 0.178 e. The van der Waals surface area contributed by atoms with Crippen molar-refractivity contribution in [2.24, 2.45) is 0 Å². The smallest absolute Gasteiger partial charge is 0.178 e. The van der Waals surface area contributed by atoms with Crippen LogP contribution in [0, 0.1) is 0 Å². The van der Waals surface area contributed by atoms with Crippen molar-refractivity contribution in [3.8, 4) is 16.9 Å². The molecule has 44 heavy (non-hydrogen) atoms. The highest BCUT2D eigenvalue weighted by Gasteiger charge is 2.46. The first-order valence-electron chi connectivity index (χ1n) is 15.7. The van der Waals surface area contributed by atoms with E-state index in [1.807, 2.05) is 11.3 Å². The van der Waals surface area contributed by atoms with Crippen LogP contribution in [-0.4, -0.2) is 0 Å². The van der Waals surface area contributed by atoms with E-state index in [4.69, 9.17) is 4.74 Å². The van der Waals surface area contributed by atoms with Gasteiger partial charge < -0.3 is 4.74 Å². The van der Waals surface area contributed by atoms with E-state index < -0.39 is 5.60 Å². The van der Waals surface area contributed by atoms with Gasteiger partial charge in [-0.3, -0.25) is 0 Å². The lowest BCUT2D eigenvalue weighted by molar-refractivity contribution is 0.163. The summed E-state index contributed by atoms with van der Waals surface area (Å²) in [5.41, 5.74) is 8.30. The Bertz CT molecular complexity index is 2290. The molecule has 0 saturated heterocycles. The quantitative estimate of drug-likeness (QED) is 0.200. The number of hydrogen-bond acceptors (Lipinski definition) is 2. The summed E-state index contributed by atoms with van der Waals surface area (Å²) >= 11 is 1.86. The number of rotatable bonds is 4. The highest BCUT2D eigenvalue weighted by molar-refractivity contribution is 7.25. The summed E-state index contributed by atoms with van der Waals surface area (Å²) in [6.07, 6.45) is 6.79. The molecule has 7 aromatic rings. The van der Waals surface area contributed by atoms with Crippen molar-refractivity contribution in [2.45, 2.75) is 37.7 Å². The first-order chi connectivity index (χ1) is 21.7. The molecule has 2 heterocycles. The number of ether oxygens (including phenoxy) is 1. The predicted octanol–water partition coefficient (Wildman–Crippen LogP) is 11.6. The van der Waals surface area contributed by atoms with Gasteiger partial charge in [-0.15, -0.1) is 11.3 Å². The molecule has 0 amide bonds. The van der Waals surface area contributed by atoms with E-state index in [0.717, 1.165) is 29.7 Å². The summed E-state index contributed by atoms with van der Waals surface area (Å²) in [4.78, 5) is 0. The Morgan fingerprint density at radius 2 is 1.30 bits per heavy atom. The lowest BCUT2D eigenvalue weighted by atomic mass is 9.71. The molecule has 1 unspecified atom stereocenters. The third kappa shape index (κ3) is 3.29. The molecule has 1 aliphatic heterocycles. The molecule has 2 aliphatic rings. The van der Waals surface area contributed by atoms with Gasteiger partial charge in [0.15, 0.2) is 5.60 Å². The SMILES string of the molecule is CCC1(CC)c2ccccc2-c2c1c1c(c3ccccc23)OC(c2ccccc2)(c2ccc3sc4ccccc4c3c2)C=C1. The molecule has 9 rings (SSSR count). The molecule has 0 spiro atoms. The van der Waals surface area contributed by atoms with Gasteiger partial charge in [0.1, 0.15) is 5.75 Å². The Balaban J connectivity index is 1.36. The van der Waals surface area contributed by atoms with Crippen LogP contribution in [0.5, 0.6) is 5.75 Å². The largest absolute Gasteiger partial charge is 0.472 e. The molecule has 0 fully saturated rings. The zero-order chi connectivity index (χ0) is 29.5. The van der Waals surface area contributed by atoms with E-state index in [-0.39, 0.29) is 5.41 Å². The van der Waals surface area contributed by atoms with Gasteiger partial charge in [0, 0.05) is 47.7 Å².